The number of hydrogen-bond acceptors (Lipinski definition) is 3. The summed E-state index contributed by atoms with van der Waals surface area (Å²) in [5.74, 6) is -0.138. The summed E-state index contributed by atoms with van der Waals surface area (Å²) in [6.07, 6.45) is 2.44. The van der Waals surface area contributed by atoms with Crippen molar-refractivity contribution in [2.45, 2.75) is 6.42 Å². The van der Waals surface area contributed by atoms with E-state index in [2.05, 4.69) is 4.98 Å². The molecule has 1 aromatic heterocycles. The first-order valence-electron chi connectivity index (χ1n) is 6.28. The van der Waals surface area contributed by atoms with Crippen molar-refractivity contribution in [1.29, 1.82) is 0 Å². The van der Waals surface area contributed by atoms with E-state index in [1.807, 2.05) is 18.2 Å². The van der Waals surface area contributed by atoms with Gasteiger partial charge in [0.2, 0.25) is 0 Å². The van der Waals surface area contributed by atoms with Gasteiger partial charge in [-0.2, -0.15) is 0 Å². The minimum atomic E-state index is -0.138. The highest BCUT2D eigenvalue weighted by Crippen LogP contribution is 2.19. The van der Waals surface area contributed by atoms with Crippen LogP contribution in [0, 0.1) is 0 Å². The molecule has 0 aliphatic heterocycles. The van der Waals surface area contributed by atoms with E-state index in [0.29, 0.717) is 29.2 Å². The van der Waals surface area contributed by atoms with E-state index in [4.69, 9.17) is 17.3 Å². The van der Waals surface area contributed by atoms with Crippen molar-refractivity contribution in [2.24, 2.45) is 0 Å². The second-order valence-corrected chi connectivity index (χ2v) is 4.97. The van der Waals surface area contributed by atoms with Gasteiger partial charge >= 0.3 is 0 Å². The number of carbonyl (C=O) groups excluding carboxylic acids is 1. The minimum Gasteiger partial charge on any atom is -0.398 e. The standard InChI is InChI=1S/C15H16ClN3O/c1-19(9-7-12-4-2-3-8-18-12)15(20)13-10-11(16)5-6-14(13)17/h2-6,8,10H,7,9,17H2,1H3. The molecule has 2 aromatic rings. The molecule has 0 fully saturated rings. The van der Waals surface area contributed by atoms with Crippen molar-refractivity contribution >= 4 is 23.2 Å². The van der Waals surface area contributed by atoms with Crippen LogP contribution in [0.15, 0.2) is 42.6 Å². The van der Waals surface area contributed by atoms with Crippen LogP contribution in [0.1, 0.15) is 16.1 Å². The van der Waals surface area contributed by atoms with Gasteiger partial charge in [0.1, 0.15) is 0 Å². The molecule has 0 unspecified atom stereocenters. The highest BCUT2D eigenvalue weighted by molar-refractivity contribution is 6.31. The second kappa shape index (κ2) is 6.39. The number of nitrogens with two attached hydrogens (primary N) is 1. The van der Waals surface area contributed by atoms with Gasteiger partial charge in [-0.3, -0.25) is 9.78 Å². The normalized spacial score (nSPS) is 10.3. The third kappa shape index (κ3) is 3.48. The molecule has 104 valence electrons. The molecule has 5 heteroatoms. The quantitative estimate of drug-likeness (QED) is 0.880. The number of aromatic nitrogens is 1. The lowest BCUT2D eigenvalue weighted by Gasteiger charge is -2.18. The number of amides is 1. The average molecular weight is 290 g/mol. The van der Waals surface area contributed by atoms with Gasteiger partial charge in [0.25, 0.3) is 5.91 Å². The van der Waals surface area contributed by atoms with Gasteiger partial charge in [-0.15, -0.1) is 0 Å². The van der Waals surface area contributed by atoms with E-state index < -0.39 is 0 Å². The lowest BCUT2D eigenvalue weighted by atomic mass is 10.1. The number of nitrogens with zero attached hydrogens (tertiary/aromatic N) is 2. The SMILES string of the molecule is CN(CCc1ccccn1)C(=O)c1cc(Cl)ccc1N. The molecule has 0 saturated carbocycles. The fourth-order valence-corrected chi connectivity index (χ4v) is 2.02. The molecule has 20 heavy (non-hydrogen) atoms. The smallest absolute Gasteiger partial charge is 0.255 e. The maximum absolute atomic E-state index is 12.3. The van der Waals surface area contributed by atoms with Crippen molar-refractivity contribution in [3.63, 3.8) is 0 Å². The minimum absolute atomic E-state index is 0.138. The Labute approximate surface area is 123 Å². The van der Waals surface area contributed by atoms with Gasteiger partial charge in [0.05, 0.1) is 5.56 Å². The number of hydrogen-bond donors (Lipinski definition) is 1. The maximum Gasteiger partial charge on any atom is 0.255 e. The van der Waals surface area contributed by atoms with E-state index >= 15 is 0 Å². The summed E-state index contributed by atoms with van der Waals surface area (Å²) in [4.78, 5) is 18.2. The lowest BCUT2D eigenvalue weighted by Crippen LogP contribution is -2.29. The van der Waals surface area contributed by atoms with Gasteiger partial charge in [0, 0.05) is 42.6 Å². The molecule has 0 saturated heterocycles. The van der Waals surface area contributed by atoms with E-state index in [1.54, 1.807) is 36.3 Å². The summed E-state index contributed by atoms with van der Waals surface area (Å²) in [6.45, 7) is 0.571. The fourth-order valence-electron chi connectivity index (χ4n) is 1.85. The Bertz CT molecular complexity index is 601. The van der Waals surface area contributed by atoms with Gasteiger partial charge in [-0.05, 0) is 30.3 Å². The number of benzene rings is 1. The molecule has 1 aromatic carbocycles. The number of halogens is 1. The predicted octanol–water partition coefficient (Wildman–Crippen LogP) is 2.63. The molecule has 0 bridgehead atoms. The molecule has 0 aliphatic carbocycles. The van der Waals surface area contributed by atoms with Crippen molar-refractivity contribution in [2.75, 3.05) is 19.3 Å². The van der Waals surface area contributed by atoms with Crippen LogP contribution in [0.3, 0.4) is 0 Å². The molecule has 1 heterocycles. The second-order valence-electron chi connectivity index (χ2n) is 4.53. The Hall–Kier alpha value is -2.07. The topological polar surface area (TPSA) is 59.2 Å². The number of rotatable bonds is 4. The zero-order valence-electron chi connectivity index (χ0n) is 11.2. The number of nitrogen functional groups attached to an aromatic ring is 1. The third-order valence-electron chi connectivity index (χ3n) is 3.02. The third-order valence-corrected chi connectivity index (χ3v) is 3.26. The van der Waals surface area contributed by atoms with Crippen molar-refractivity contribution in [1.82, 2.24) is 9.88 Å². The summed E-state index contributed by atoms with van der Waals surface area (Å²) in [7, 11) is 1.74. The van der Waals surface area contributed by atoms with Crippen LogP contribution >= 0.6 is 11.6 Å². The lowest BCUT2D eigenvalue weighted by molar-refractivity contribution is 0.0797. The Morgan fingerprint density at radius 1 is 1.35 bits per heavy atom. The molecule has 2 rings (SSSR count). The largest absolute Gasteiger partial charge is 0.398 e. The van der Waals surface area contributed by atoms with E-state index in [-0.39, 0.29) is 5.91 Å². The predicted molar refractivity (Wildman–Crippen MR) is 80.8 cm³/mol. The van der Waals surface area contributed by atoms with Crippen LogP contribution in [0.25, 0.3) is 0 Å². The Morgan fingerprint density at radius 3 is 2.85 bits per heavy atom. The van der Waals surface area contributed by atoms with Crippen LogP contribution in [0.2, 0.25) is 5.02 Å². The average Bonchev–Trinajstić information content (AvgIpc) is 2.47. The highest BCUT2D eigenvalue weighted by Gasteiger charge is 2.15. The molecule has 2 N–H and O–H groups in total. The van der Waals surface area contributed by atoms with Gasteiger partial charge in [-0.1, -0.05) is 17.7 Å². The summed E-state index contributed by atoms with van der Waals surface area (Å²) in [5.41, 5.74) is 7.63. The summed E-state index contributed by atoms with van der Waals surface area (Å²) < 4.78 is 0. The van der Waals surface area contributed by atoms with Gasteiger partial charge in [-0.25, -0.2) is 0 Å². The van der Waals surface area contributed by atoms with Crippen LogP contribution in [0.5, 0.6) is 0 Å². The number of anilines is 1. The number of carbonyl (C=O) groups is 1. The fraction of sp³-hybridized carbons (Fsp3) is 0.200. The molecule has 0 atom stereocenters. The zero-order valence-corrected chi connectivity index (χ0v) is 12.0. The van der Waals surface area contributed by atoms with Gasteiger partial charge in [0.15, 0.2) is 0 Å². The highest BCUT2D eigenvalue weighted by atomic mass is 35.5. The van der Waals surface area contributed by atoms with Crippen molar-refractivity contribution in [3.8, 4) is 0 Å². The molecule has 1 amide bonds. The first kappa shape index (κ1) is 14.3. The summed E-state index contributed by atoms with van der Waals surface area (Å²) >= 11 is 5.90. The summed E-state index contributed by atoms with van der Waals surface area (Å²) in [6, 6.07) is 10.6. The molecule has 4 nitrogen and oxygen atoms in total. The zero-order chi connectivity index (χ0) is 14.5. The van der Waals surface area contributed by atoms with E-state index in [1.165, 1.54) is 0 Å². The molecule has 0 radical (unpaired) electrons. The maximum atomic E-state index is 12.3. The monoisotopic (exact) mass is 289 g/mol. The van der Waals surface area contributed by atoms with E-state index in [9.17, 15) is 4.79 Å². The molecule has 0 aliphatic rings. The van der Waals surface area contributed by atoms with Crippen LogP contribution in [-0.4, -0.2) is 29.4 Å². The number of pyridine rings is 1. The van der Waals surface area contributed by atoms with Crippen molar-refractivity contribution in [3.05, 3.63) is 58.9 Å². The number of likely N-dealkylation sites (N-methyl/N-ethyl adjacent to an activating group) is 1. The van der Waals surface area contributed by atoms with Gasteiger partial charge < -0.3 is 10.6 Å². The van der Waals surface area contributed by atoms with Crippen molar-refractivity contribution < 1.29 is 4.79 Å². The molecular weight excluding hydrogens is 274 g/mol. The first-order valence-corrected chi connectivity index (χ1v) is 6.66. The first-order chi connectivity index (χ1) is 9.58. The Morgan fingerprint density at radius 2 is 2.15 bits per heavy atom. The van der Waals surface area contributed by atoms with Crippen LogP contribution in [0.4, 0.5) is 5.69 Å². The molecular formula is C15H16ClN3O. The molecule has 0 spiro atoms. The Kier molecular flexibility index (Phi) is 4.58. The van der Waals surface area contributed by atoms with E-state index in [0.717, 1.165) is 5.69 Å². The summed E-state index contributed by atoms with van der Waals surface area (Å²) in [5, 5.41) is 0.501. The Balaban J connectivity index is 2.03. The van der Waals surface area contributed by atoms with Crippen LogP contribution in [-0.2, 0) is 6.42 Å². The van der Waals surface area contributed by atoms with Crippen LogP contribution < -0.4 is 5.73 Å².